The van der Waals surface area contributed by atoms with Crippen LogP contribution in [0.25, 0.3) is 0 Å². The van der Waals surface area contributed by atoms with Crippen molar-refractivity contribution in [1.29, 1.82) is 0 Å². The van der Waals surface area contributed by atoms with Crippen molar-refractivity contribution >= 4 is 17.9 Å². The largest absolute Gasteiger partial charge is 0.348 e. The molecule has 27 heavy (non-hydrogen) atoms. The Balaban J connectivity index is 1.32. The summed E-state index contributed by atoms with van der Waals surface area (Å²) in [5.74, 6) is 0.868. The number of carbonyl (C=O) groups is 2. The van der Waals surface area contributed by atoms with E-state index in [2.05, 4.69) is 20.3 Å². The molecule has 1 aliphatic heterocycles. The zero-order chi connectivity index (χ0) is 18.6. The van der Waals surface area contributed by atoms with E-state index in [0.29, 0.717) is 30.5 Å². The highest BCUT2D eigenvalue weighted by molar-refractivity contribution is 5.93. The third kappa shape index (κ3) is 3.89. The maximum atomic E-state index is 12.5. The second-order valence-corrected chi connectivity index (χ2v) is 6.99. The Morgan fingerprint density at radius 3 is 2.67 bits per heavy atom. The Morgan fingerprint density at radius 2 is 2.00 bits per heavy atom. The predicted molar refractivity (Wildman–Crippen MR) is 99.1 cm³/mol. The molecule has 8 heteroatoms. The van der Waals surface area contributed by atoms with E-state index in [1.165, 1.54) is 25.5 Å². The van der Waals surface area contributed by atoms with Gasteiger partial charge in [0.2, 0.25) is 5.95 Å². The third-order valence-corrected chi connectivity index (χ3v) is 5.11. The Bertz CT molecular complexity index is 807. The molecule has 3 amide bonds. The van der Waals surface area contributed by atoms with Gasteiger partial charge in [0.05, 0.1) is 5.56 Å². The molecule has 1 aliphatic carbocycles. The summed E-state index contributed by atoms with van der Waals surface area (Å²) in [4.78, 5) is 40.7. The molecule has 1 saturated heterocycles. The van der Waals surface area contributed by atoms with E-state index in [-0.39, 0.29) is 11.9 Å². The first kappa shape index (κ1) is 17.4. The number of carbonyl (C=O) groups excluding carboxylic acids is 2. The number of pyridine rings is 1. The summed E-state index contributed by atoms with van der Waals surface area (Å²) in [5, 5.41) is 2.81. The molecule has 2 fully saturated rings. The van der Waals surface area contributed by atoms with Gasteiger partial charge in [0, 0.05) is 56.5 Å². The molecular weight excluding hydrogens is 344 g/mol. The van der Waals surface area contributed by atoms with Crippen LogP contribution < -0.4 is 10.2 Å². The van der Waals surface area contributed by atoms with Gasteiger partial charge >= 0.3 is 6.03 Å². The highest BCUT2D eigenvalue weighted by Gasteiger charge is 2.33. The summed E-state index contributed by atoms with van der Waals surface area (Å²) in [7, 11) is 0. The quantitative estimate of drug-likeness (QED) is 0.842. The van der Waals surface area contributed by atoms with Crippen molar-refractivity contribution in [1.82, 2.24) is 25.2 Å². The zero-order valence-electron chi connectivity index (χ0n) is 15.0. The van der Waals surface area contributed by atoms with Gasteiger partial charge in [-0.3, -0.25) is 14.7 Å². The standard InChI is InChI=1S/C19H22N6O2/c26-17(16-5-2-6-20-12-16)21-9-15-10-22-18(23-11-15)25-8-7-24(19(25)27)13-14-3-1-4-14/h2,5-6,10-12,14H,1,3-4,7-9,13H2,(H,21,26). The molecule has 2 aromatic heterocycles. The monoisotopic (exact) mass is 366 g/mol. The Hall–Kier alpha value is -3.03. The van der Waals surface area contributed by atoms with Gasteiger partial charge in [-0.1, -0.05) is 6.42 Å². The summed E-state index contributed by atoms with van der Waals surface area (Å²) < 4.78 is 0. The van der Waals surface area contributed by atoms with Crippen molar-refractivity contribution in [3.63, 3.8) is 0 Å². The minimum atomic E-state index is -0.200. The lowest BCUT2D eigenvalue weighted by Crippen LogP contribution is -2.37. The molecule has 0 atom stereocenters. The molecule has 2 aliphatic rings. The summed E-state index contributed by atoms with van der Waals surface area (Å²) in [6, 6.07) is 3.41. The molecule has 4 rings (SSSR count). The van der Waals surface area contributed by atoms with Crippen molar-refractivity contribution < 1.29 is 9.59 Å². The molecule has 8 nitrogen and oxygen atoms in total. The van der Waals surface area contributed by atoms with Crippen molar-refractivity contribution in [3.05, 3.63) is 48.0 Å². The molecule has 1 saturated carbocycles. The number of aromatic nitrogens is 3. The van der Waals surface area contributed by atoms with Crippen LogP contribution in [0.1, 0.15) is 35.2 Å². The van der Waals surface area contributed by atoms with Crippen LogP contribution in [0.2, 0.25) is 0 Å². The highest BCUT2D eigenvalue weighted by Crippen LogP contribution is 2.28. The molecule has 0 unspecified atom stereocenters. The fourth-order valence-electron chi connectivity index (χ4n) is 3.28. The number of amides is 3. The number of rotatable bonds is 6. The first-order valence-electron chi connectivity index (χ1n) is 9.26. The predicted octanol–water partition coefficient (Wildman–Crippen LogP) is 1.84. The summed E-state index contributed by atoms with van der Waals surface area (Å²) in [6.45, 7) is 2.49. The Kier molecular flexibility index (Phi) is 4.95. The first-order chi connectivity index (χ1) is 13.2. The van der Waals surface area contributed by atoms with E-state index in [0.717, 1.165) is 18.7 Å². The van der Waals surface area contributed by atoms with Crippen molar-refractivity contribution in [2.45, 2.75) is 25.8 Å². The topological polar surface area (TPSA) is 91.3 Å². The van der Waals surface area contributed by atoms with Crippen molar-refractivity contribution in [2.75, 3.05) is 24.5 Å². The van der Waals surface area contributed by atoms with Gasteiger partial charge in [-0.15, -0.1) is 0 Å². The van der Waals surface area contributed by atoms with E-state index in [9.17, 15) is 9.59 Å². The average Bonchev–Trinajstić information content (AvgIpc) is 3.04. The molecule has 0 spiro atoms. The molecule has 140 valence electrons. The molecule has 0 radical (unpaired) electrons. The molecule has 0 bridgehead atoms. The van der Waals surface area contributed by atoms with Gasteiger partial charge in [-0.2, -0.15) is 0 Å². The summed E-state index contributed by atoms with van der Waals surface area (Å²) >= 11 is 0. The maximum absolute atomic E-state index is 12.5. The number of hydrogen-bond acceptors (Lipinski definition) is 5. The number of hydrogen-bond donors (Lipinski definition) is 1. The Morgan fingerprint density at radius 1 is 1.19 bits per heavy atom. The van der Waals surface area contributed by atoms with Crippen LogP contribution in [0.3, 0.4) is 0 Å². The normalized spacial score (nSPS) is 17.1. The third-order valence-electron chi connectivity index (χ3n) is 5.11. The number of anilines is 1. The minimum absolute atomic E-state index is 0.0143. The van der Waals surface area contributed by atoms with Crippen molar-refractivity contribution in [3.8, 4) is 0 Å². The minimum Gasteiger partial charge on any atom is -0.348 e. The van der Waals surface area contributed by atoms with Crippen LogP contribution in [0.4, 0.5) is 10.7 Å². The van der Waals surface area contributed by atoms with Crippen LogP contribution >= 0.6 is 0 Å². The van der Waals surface area contributed by atoms with E-state index in [4.69, 9.17) is 0 Å². The lowest BCUT2D eigenvalue weighted by Gasteiger charge is -2.29. The van der Waals surface area contributed by atoms with Crippen LogP contribution in [-0.4, -0.2) is 51.4 Å². The van der Waals surface area contributed by atoms with Gasteiger partial charge < -0.3 is 10.2 Å². The molecule has 1 N–H and O–H groups in total. The van der Waals surface area contributed by atoms with Crippen LogP contribution in [-0.2, 0) is 6.54 Å². The van der Waals surface area contributed by atoms with E-state index in [1.54, 1.807) is 35.6 Å². The van der Waals surface area contributed by atoms with Crippen LogP contribution in [0.5, 0.6) is 0 Å². The van der Waals surface area contributed by atoms with Gasteiger partial charge in [0.25, 0.3) is 5.91 Å². The zero-order valence-corrected chi connectivity index (χ0v) is 15.0. The molecule has 0 aromatic carbocycles. The van der Waals surface area contributed by atoms with Gasteiger partial charge in [0.1, 0.15) is 0 Å². The van der Waals surface area contributed by atoms with E-state index in [1.807, 2.05) is 4.90 Å². The number of nitrogens with zero attached hydrogens (tertiary/aromatic N) is 5. The lowest BCUT2D eigenvalue weighted by atomic mass is 9.85. The van der Waals surface area contributed by atoms with E-state index < -0.39 is 0 Å². The SMILES string of the molecule is O=C(NCc1cnc(N2CCN(CC3CCC3)C2=O)nc1)c1cccnc1. The van der Waals surface area contributed by atoms with E-state index >= 15 is 0 Å². The summed E-state index contributed by atoms with van der Waals surface area (Å²) in [6.07, 6.45) is 10.2. The summed E-state index contributed by atoms with van der Waals surface area (Å²) in [5.41, 5.74) is 1.28. The van der Waals surface area contributed by atoms with Crippen LogP contribution in [0.15, 0.2) is 36.9 Å². The first-order valence-corrected chi connectivity index (χ1v) is 9.26. The smallest absolute Gasteiger partial charge is 0.327 e. The fraction of sp³-hybridized carbons (Fsp3) is 0.421. The lowest BCUT2D eigenvalue weighted by molar-refractivity contribution is 0.0950. The highest BCUT2D eigenvalue weighted by atomic mass is 16.2. The second kappa shape index (κ2) is 7.69. The fourth-order valence-corrected chi connectivity index (χ4v) is 3.28. The number of nitrogens with one attached hydrogen (secondary N) is 1. The molecule has 2 aromatic rings. The van der Waals surface area contributed by atoms with Gasteiger partial charge in [-0.05, 0) is 30.9 Å². The molecular formula is C19H22N6O2. The number of urea groups is 1. The average molecular weight is 366 g/mol. The van der Waals surface area contributed by atoms with Gasteiger partial charge in [-0.25, -0.2) is 14.8 Å². The van der Waals surface area contributed by atoms with Crippen LogP contribution in [0, 0.1) is 5.92 Å². The van der Waals surface area contributed by atoms with Crippen molar-refractivity contribution in [2.24, 2.45) is 5.92 Å². The van der Waals surface area contributed by atoms with Gasteiger partial charge in [0.15, 0.2) is 0 Å². The second-order valence-electron chi connectivity index (χ2n) is 6.99. The molecule has 3 heterocycles. The Labute approximate surface area is 157 Å². The maximum Gasteiger partial charge on any atom is 0.327 e.